The molecule has 0 bridgehead atoms. The van der Waals surface area contributed by atoms with E-state index < -0.39 is 5.97 Å². The van der Waals surface area contributed by atoms with Crippen LogP contribution in [0.5, 0.6) is 11.5 Å². The van der Waals surface area contributed by atoms with Crippen LogP contribution >= 0.6 is 0 Å². The van der Waals surface area contributed by atoms with Crippen molar-refractivity contribution in [2.24, 2.45) is 5.92 Å². The molecule has 0 amide bonds. The van der Waals surface area contributed by atoms with Crippen LogP contribution in [0, 0.1) is 5.92 Å². The number of hydrogen-bond acceptors (Lipinski definition) is 6. The molecule has 0 saturated heterocycles. The predicted octanol–water partition coefficient (Wildman–Crippen LogP) is 4.43. The summed E-state index contributed by atoms with van der Waals surface area (Å²) in [7, 11) is 2.86. The van der Waals surface area contributed by atoms with Crippen molar-refractivity contribution < 1.29 is 28.2 Å². The van der Waals surface area contributed by atoms with E-state index in [0.717, 1.165) is 30.4 Å². The summed E-state index contributed by atoms with van der Waals surface area (Å²) in [5, 5.41) is 0. The van der Waals surface area contributed by atoms with Gasteiger partial charge in [0.05, 0.1) is 14.2 Å². The lowest BCUT2D eigenvalue weighted by atomic mass is 9.84. The monoisotopic (exact) mass is 384 g/mol. The molecule has 1 saturated carbocycles. The van der Waals surface area contributed by atoms with Gasteiger partial charge in [0.25, 0.3) is 0 Å². The van der Waals surface area contributed by atoms with Gasteiger partial charge in [-0.25, -0.2) is 4.79 Å². The van der Waals surface area contributed by atoms with Crippen molar-refractivity contribution in [1.29, 1.82) is 0 Å². The number of allylic oxidation sites excluding steroid dienone is 1. The van der Waals surface area contributed by atoms with Gasteiger partial charge in [0.15, 0.2) is 17.3 Å². The zero-order valence-corrected chi connectivity index (χ0v) is 16.3. The van der Waals surface area contributed by atoms with Crippen LogP contribution < -0.4 is 9.47 Å². The SMILES string of the molecule is COC(=O)c1ccc(COc2ccc(/C=C3\CCC[C@H](C)C3=O)cc2OC)o1. The highest BCUT2D eigenvalue weighted by molar-refractivity contribution is 6.01. The van der Waals surface area contributed by atoms with Crippen LogP contribution in [0.15, 0.2) is 40.3 Å². The second kappa shape index (κ2) is 8.78. The standard InChI is InChI=1S/C22H24O6/c1-14-5-4-6-16(21(14)23)11-15-7-9-18(20(12-15)25-2)27-13-17-8-10-19(28-17)22(24)26-3/h7-12,14H,4-6,13H2,1-3H3/b16-11+/t14-/m0/s1. The zero-order valence-electron chi connectivity index (χ0n) is 16.3. The molecule has 1 heterocycles. The minimum Gasteiger partial charge on any atom is -0.493 e. The zero-order chi connectivity index (χ0) is 20.1. The van der Waals surface area contributed by atoms with Crippen molar-refractivity contribution >= 4 is 17.8 Å². The minimum absolute atomic E-state index is 0.0904. The van der Waals surface area contributed by atoms with Gasteiger partial charge in [-0.15, -0.1) is 0 Å². The fourth-order valence-electron chi connectivity index (χ4n) is 3.22. The normalized spacial score (nSPS) is 18.2. The summed E-state index contributed by atoms with van der Waals surface area (Å²) in [6.07, 6.45) is 4.73. The van der Waals surface area contributed by atoms with Gasteiger partial charge in [-0.1, -0.05) is 13.0 Å². The topological polar surface area (TPSA) is 75.0 Å². The van der Waals surface area contributed by atoms with Gasteiger partial charge in [0.2, 0.25) is 5.76 Å². The average molecular weight is 384 g/mol. The molecule has 6 heteroatoms. The fourth-order valence-corrected chi connectivity index (χ4v) is 3.22. The van der Waals surface area contributed by atoms with E-state index in [2.05, 4.69) is 4.74 Å². The van der Waals surface area contributed by atoms with Gasteiger partial charge in [0, 0.05) is 5.92 Å². The van der Waals surface area contributed by atoms with Gasteiger partial charge >= 0.3 is 5.97 Å². The van der Waals surface area contributed by atoms with Crippen molar-refractivity contribution in [3.63, 3.8) is 0 Å². The molecule has 0 unspecified atom stereocenters. The number of methoxy groups -OCH3 is 2. The number of rotatable bonds is 6. The molecule has 0 aliphatic heterocycles. The highest BCUT2D eigenvalue weighted by Crippen LogP contribution is 2.32. The Morgan fingerprint density at radius 3 is 2.79 bits per heavy atom. The lowest BCUT2D eigenvalue weighted by Gasteiger charge is -2.19. The smallest absolute Gasteiger partial charge is 0.373 e. The molecular weight excluding hydrogens is 360 g/mol. The van der Waals surface area contributed by atoms with E-state index in [4.69, 9.17) is 13.9 Å². The molecule has 0 radical (unpaired) electrons. The van der Waals surface area contributed by atoms with Gasteiger partial charge in [-0.05, 0) is 60.7 Å². The van der Waals surface area contributed by atoms with Gasteiger partial charge < -0.3 is 18.6 Å². The van der Waals surface area contributed by atoms with Crippen LogP contribution in [0.4, 0.5) is 0 Å². The van der Waals surface area contributed by atoms with Gasteiger partial charge in [0.1, 0.15) is 12.4 Å². The number of benzene rings is 1. The van der Waals surface area contributed by atoms with Crippen molar-refractivity contribution in [2.75, 3.05) is 14.2 Å². The second-order valence-corrected chi connectivity index (χ2v) is 6.78. The summed E-state index contributed by atoms with van der Waals surface area (Å²) in [5.74, 6) is 1.51. The Hall–Kier alpha value is -3.02. The predicted molar refractivity (Wildman–Crippen MR) is 103 cm³/mol. The van der Waals surface area contributed by atoms with E-state index in [0.29, 0.717) is 17.3 Å². The number of ether oxygens (including phenoxy) is 3. The van der Waals surface area contributed by atoms with Crippen molar-refractivity contribution in [2.45, 2.75) is 32.8 Å². The van der Waals surface area contributed by atoms with E-state index in [1.165, 1.54) is 7.11 Å². The highest BCUT2D eigenvalue weighted by Gasteiger charge is 2.22. The molecule has 2 aromatic rings. The van der Waals surface area contributed by atoms with Crippen LogP contribution in [-0.4, -0.2) is 26.0 Å². The molecule has 0 N–H and O–H groups in total. The molecule has 28 heavy (non-hydrogen) atoms. The Balaban J connectivity index is 1.72. The lowest BCUT2D eigenvalue weighted by Crippen LogP contribution is -2.18. The van der Waals surface area contributed by atoms with Gasteiger partial charge in [-0.2, -0.15) is 0 Å². The fraction of sp³-hybridized carbons (Fsp3) is 0.364. The molecule has 6 nitrogen and oxygen atoms in total. The Labute approximate surface area is 164 Å². The first-order chi connectivity index (χ1) is 13.5. The third-order valence-corrected chi connectivity index (χ3v) is 4.79. The van der Waals surface area contributed by atoms with Crippen LogP contribution in [0.1, 0.15) is 48.1 Å². The molecule has 1 atom stereocenters. The quantitative estimate of drug-likeness (QED) is 0.542. The minimum atomic E-state index is -0.534. The molecule has 1 fully saturated rings. The third-order valence-electron chi connectivity index (χ3n) is 4.79. The van der Waals surface area contributed by atoms with Crippen LogP contribution in [0.3, 0.4) is 0 Å². The number of Topliss-reactive ketones (excluding diaryl/α,β-unsaturated/α-hetero) is 1. The first-order valence-corrected chi connectivity index (χ1v) is 9.24. The maximum Gasteiger partial charge on any atom is 0.373 e. The Kier molecular flexibility index (Phi) is 6.19. The van der Waals surface area contributed by atoms with E-state index >= 15 is 0 Å². The molecular formula is C22H24O6. The summed E-state index contributed by atoms with van der Waals surface area (Å²) in [4.78, 5) is 23.8. The molecule has 0 spiro atoms. The largest absolute Gasteiger partial charge is 0.493 e. The van der Waals surface area contributed by atoms with Crippen molar-refractivity contribution in [3.05, 3.63) is 53.0 Å². The number of carbonyl (C=O) groups excluding carboxylic acids is 2. The molecule has 3 rings (SSSR count). The molecule has 1 aromatic heterocycles. The van der Waals surface area contributed by atoms with E-state index in [1.54, 1.807) is 25.3 Å². The summed E-state index contributed by atoms with van der Waals surface area (Å²) in [6, 6.07) is 8.73. The lowest BCUT2D eigenvalue weighted by molar-refractivity contribution is -0.119. The van der Waals surface area contributed by atoms with E-state index in [-0.39, 0.29) is 24.1 Å². The number of carbonyl (C=O) groups is 2. The number of furan rings is 1. The summed E-state index contributed by atoms with van der Waals surface area (Å²) < 4.78 is 21.2. The van der Waals surface area contributed by atoms with Crippen LogP contribution in [0.25, 0.3) is 6.08 Å². The summed E-state index contributed by atoms with van der Waals surface area (Å²) in [5.41, 5.74) is 1.76. The Morgan fingerprint density at radius 2 is 2.04 bits per heavy atom. The van der Waals surface area contributed by atoms with Crippen LogP contribution in [-0.2, 0) is 16.1 Å². The van der Waals surface area contributed by atoms with E-state index in [9.17, 15) is 9.59 Å². The maximum atomic E-state index is 12.3. The van der Waals surface area contributed by atoms with Crippen molar-refractivity contribution in [1.82, 2.24) is 0 Å². The Morgan fingerprint density at radius 1 is 1.21 bits per heavy atom. The number of hydrogen-bond donors (Lipinski definition) is 0. The highest BCUT2D eigenvalue weighted by atomic mass is 16.5. The summed E-state index contributed by atoms with van der Waals surface area (Å²) >= 11 is 0. The average Bonchev–Trinajstić information content (AvgIpc) is 3.18. The maximum absolute atomic E-state index is 12.3. The third kappa shape index (κ3) is 4.44. The molecule has 1 aliphatic rings. The summed E-state index contributed by atoms with van der Waals surface area (Å²) in [6.45, 7) is 2.12. The Bertz CT molecular complexity index is 892. The number of ketones is 1. The van der Waals surface area contributed by atoms with Gasteiger partial charge in [-0.3, -0.25) is 4.79 Å². The van der Waals surface area contributed by atoms with E-state index in [1.807, 2.05) is 25.1 Å². The first-order valence-electron chi connectivity index (χ1n) is 9.24. The van der Waals surface area contributed by atoms with Crippen LogP contribution in [0.2, 0.25) is 0 Å². The second-order valence-electron chi connectivity index (χ2n) is 6.78. The van der Waals surface area contributed by atoms with Crippen molar-refractivity contribution in [3.8, 4) is 11.5 Å². The molecule has 1 aliphatic carbocycles. The molecule has 148 valence electrons. The number of esters is 1. The first kappa shape index (κ1) is 19.7. The molecule has 1 aromatic carbocycles.